The Labute approximate surface area is 202 Å². The summed E-state index contributed by atoms with van der Waals surface area (Å²) in [6.07, 6.45) is 4.27. The maximum atomic E-state index is 13.8. The Balaban J connectivity index is 1.55. The van der Waals surface area contributed by atoms with Gasteiger partial charge >= 0.3 is 0 Å². The molecule has 2 aliphatic rings. The van der Waals surface area contributed by atoms with Gasteiger partial charge in [0.15, 0.2) is 17.5 Å². The first-order valence-corrected chi connectivity index (χ1v) is 12.6. The Morgan fingerprint density at radius 2 is 1.88 bits per heavy atom. The molecule has 1 N–H and O–H groups in total. The Kier molecular flexibility index (Phi) is 6.58. The van der Waals surface area contributed by atoms with Gasteiger partial charge in [-0.3, -0.25) is 14.5 Å². The quantitative estimate of drug-likeness (QED) is 0.526. The topological polar surface area (TPSA) is 81.0 Å². The lowest BCUT2D eigenvalue weighted by Gasteiger charge is -2.31. The van der Waals surface area contributed by atoms with Crippen molar-refractivity contribution < 1.29 is 23.5 Å². The molecule has 2 amide bonds. The van der Waals surface area contributed by atoms with Crippen LogP contribution in [0.1, 0.15) is 48.1 Å². The number of hydrogen-bond donors (Lipinski definition) is 1. The molecule has 5 rings (SSSR count). The van der Waals surface area contributed by atoms with Gasteiger partial charge in [0.2, 0.25) is 5.91 Å². The third kappa shape index (κ3) is 4.82. The average Bonchev–Trinajstić information content (AvgIpc) is 3.61. The van der Waals surface area contributed by atoms with Crippen LogP contribution >= 0.6 is 11.3 Å². The van der Waals surface area contributed by atoms with Crippen molar-refractivity contribution in [2.75, 3.05) is 18.1 Å². The van der Waals surface area contributed by atoms with Crippen molar-refractivity contribution in [2.45, 2.75) is 51.1 Å². The molecule has 2 aromatic heterocycles. The average molecular weight is 481 g/mol. The number of carbonyl (C=O) groups is 2. The number of aryl methyl sites for hydroxylation is 1. The lowest BCUT2D eigenvalue weighted by molar-refractivity contribution is -0.127. The molecule has 0 bridgehead atoms. The molecule has 1 aromatic carbocycles. The standard InChI is InChI=1S/C26H28N2O5S/c1-17-8-10-22(33-17)25(26(30)27-18-5-2-3-6-18)28(24(29)16-20-7-4-14-34-20)19-9-11-21-23(15-19)32-13-12-31-21/h4,7-11,14-15,18,25H,2-3,5-6,12-13,16H2,1H3,(H,27,30)/t25-/m1/s1. The molecule has 1 saturated carbocycles. The first kappa shape index (κ1) is 22.5. The molecular formula is C26H28N2O5S. The zero-order chi connectivity index (χ0) is 23.5. The molecule has 7 nitrogen and oxygen atoms in total. The van der Waals surface area contributed by atoms with E-state index in [0.717, 1.165) is 30.6 Å². The van der Waals surface area contributed by atoms with E-state index in [1.807, 2.05) is 30.5 Å². The predicted molar refractivity (Wildman–Crippen MR) is 130 cm³/mol. The van der Waals surface area contributed by atoms with Crippen LogP contribution in [0, 0.1) is 6.92 Å². The number of ether oxygens (including phenoxy) is 2. The summed E-state index contributed by atoms with van der Waals surface area (Å²) in [5.74, 6) is 1.86. The van der Waals surface area contributed by atoms with E-state index in [1.165, 1.54) is 11.3 Å². The molecule has 1 aliphatic carbocycles. The van der Waals surface area contributed by atoms with Crippen LogP contribution in [0.5, 0.6) is 11.5 Å². The number of rotatable bonds is 7. The number of amides is 2. The first-order valence-electron chi connectivity index (χ1n) is 11.7. The second-order valence-electron chi connectivity index (χ2n) is 8.69. The van der Waals surface area contributed by atoms with Crippen molar-refractivity contribution >= 4 is 28.8 Å². The first-order chi connectivity index (χ1) is 16.6. The summed E-state index contributed by atoms with van der Waals surface area (Å²) in [5.41, 5.74) is 0.562. The van der Waals surface area contributed by atoms with Crippen LogP contribution in [0.25, 0.3) is 0 Å². The third-order valence-electron chi connectivity index (χ3n) is 6.22. The molecular weight excluding hydrogens is 452 g/mol. The van der Waals surface area contributed by atoms with Crippen LogP contribution < -0.4 is 19.7 Å². The summed E-state index contributed by atoms with van der Waals surface area (Å²) in [6, 6.07) is 12.0. The molecule has 1 atom stereocenters. The Bertz CT molecular complexity index is 1150. The van der Waals surface area contributed by atoms with Crippen LogP contribution in [-0.2, 0) is 16.0 Å². The maximum Gasteiger partial charge on any atom is 0.251 e. The molecule has 0 saturated heterocycles. The zero-order valence-corrected chi connectivity index (χ0v) is 19.9. The smallest absolute Gasteiger partial charge is 0.251 e. The SMILES string of the molecule is Cc1ccc([C@H](C(=O)NC2CCCC2)N(C(=O)Cc2cccs2)c2ccc3c(c2)OCCO3)o1. The van der Waals surface area contributed by atoms with E-state index < -0.39 is 6.04 Å². The van der Waals surface area contributed by atoms with E-state index in [9.17, 15) is 9.59 Å². The van der Waals surface area contributed by atoms with E-state index in [4.69, 9.17) is 13.9 Å². The number of hydrogen-bond acceptors (Lipinski definition) is 6. The molecule has 3 heterocycles. The van der Waals surface area contributed by atoms with Crippen LogP contribution in [0.15, 0.2) is 52.3 Å². The van der Waals surface area contributed by atoms with E-state index in [2.05, 4.69) is 5.32 Å². The van der Waals surface area contributed by atoms with Gasteiger partial charge in [-0.05, 0) is 55.5 Å². The Morgan fingerprint density at radius 3 is 2.59 bits per heavy atom. The number of carbonyl (C=O) groups excluding carboxylic acids is 2. The van der Waals surface area contributed by atoms with Gasteiger partial charge in [0.05, 0.1) is 6.42 Å². The number of anilines is 1. The van der Waals surface area contributed by atoms with Gasteiger partial charge in [0, 0.05) is 22.7 Å². The number of fused-ring (bicyclic) bond motifs is 1. The number of nitrogens with zero attached hydrogens (tertiary/aromatic N) is 1. The minimum atomic E-state index is -0.940. The number of furan rings is 1. The highest BCUT2D eigenvalue weighted by atomic mass is 32.1. The van der Waals surface area contributed by atoms with Gasteiger partial charge in [0.25, 0.3) is 5.91 Å². The van der Waals surface area contributed by atoms with E-state index in [0.29, 0.717) is 41.9 Å². The Hall–Kier alpha value is -3.26. The van der Waals surface area contributed by atoms with Gasteiger partial charge < -0.3 is 19.2 Å². The summed E-state index contributed by atoms with van der Waals surface area (Å²) in [7, 11) is 0. The fraction of sp³-hybridized carbons (Fsp3) is 0.385. The highest BCUT2D eigenvalue weighted by Crippen LogP contribution is 2.38. The zero-order valence-electron chi connectivity index (χ0n) is 19.1. The molecule has 3 aromatic rings. The van der Waals surface area contributed by atoms with Gasteiger partial charge in [-0.2, -0.15) is 0 Å². The van der Waals surface area contributed by atoms with Crippen molar-refractivity contribution in [1.82, 2.24) is 5.32 Å². The van der Waals surface area contributed by atoms with Crippen LogP contribution in [0.2, 0.25) is 0 Å². The van der Waals surface area contributed by atoms with Gasteiger partial charge in [-0.1, -0.05) is 18.9 Å². The van der Waals surface area contributed by atoms with Gasteiger partial charge in [-0.15, -0.1) is 11.3 Å². The summed E-state index contributed by atoms with van der Waals surface area (Å²) < 4.78 is 17.4. The lowest BCUT2D eigenvalue weighted by atomic mass is 10.1. The minimum Gasteiger partial charge on any atom is -0.486 e. The molecule has 1 aliphatic heterocycles. The largest absolute Gasteiger partial charge is 0.486 e. The second kappa shape index (κ2) is 9.93. The Morgan fingerprint density at radius 1 is 1.09 bits per heavy atom. The monoisotopic (exact) mass is 480 g/mol. The number of nitrogens with one attached hydrogen (secondary N) is 1. The maximum absolute atomic E-state index is 13.8. The van der Waals surface area contributed by atoms with Gasteiger partial charge in [0.1, 0.15) is 24.7 Å². The second-order valence-corrected chi connectivity index (χ2v) is 9.72. The summed E-state index contributed by atoms with van der Waals surface area (Å²) in [6.45, 7) is 2.74. The molecule has 0 unspecified atom stereocenters. The fourth-order valence-corrected chi connectivity index (χ4v) is 5.29. The van der Waals surface area contributed by atoms with E-state index in [-0.39, 0.29) is 24.3 Å². The molecule has 178 valence electrons. The highest BCUT2D eigenvalue weighted by molar-refractivity contribution is 7.10. The summed E-state index contributed by atoms with van der Waals surface area (Å²) >= 11 is 1.52. The number of thiophene rings is 1. The van der Waals surface area contributed by atoms with Crippen molar-refractivity contribution in [3.8, 4) is 11.5 Å². The third-order valence-corrected chi connectivity index (χ3v) is 7.09. The minimum absolute atomic E-state index is 0.112. The van der Waals surface area contributed by atoms with E-state index >= 15 is 0 Å². The predicted octanol–water partition coefficient (Wildman–Crippen LogP) is 4.80. The molecule has 0 spiro atoms. The summed E-state index contributed by atoms with van der Waals surface area (Å²) in [5, 5.41) is 5.11. The highest BCUT2D eigenvalue weighted by Gasteiger charge is 2.37. The van der Waals surface area contributed by atoms with Crippen molar-refractivity contribution in [3.05, 3.63) is 64.2 Å². The fourth-order valence-electron chi connectivity index (χ4n) is 4.59. The normalized spacial score (nSPS) is 16.3. The van der Waals surface area contributed by atoms with Gasteiger partial charge in [-0.25, -0.2) is 0 Å². The molecule has 0 radical (unpaired) electrons. The van der Waals surface area contributed by atoms with Crippen molar-refractivity contribution in [1.29, 1.82) is 0 Å². The van der Waals surface area contributed by atoms with Crippen molar-refractivity contribution in [2.24, 2.45) is 0 Å². The van der Waals surface area contributed by atoms with Crippen LogP contribution in [-0.4, -0.2) is 31.1 Å². The summed E-state index contributed by atoms with van der Waals surface area (Å²) in [4.78, 5) is 30.0. The van der Waals surface area contributed by atoms with Crippen molar-refractivity contribution in [3.63, 3.8) is 0 Å². The molecule has 8 heteroatoms. The lowest BCUT2D eigenvalue weighted by Crippen LogP contribution is -2.46. The molecule has 1 fully saturated rings. The van der Waals surface area contributed by atoms with Crippen LogP contribution in [0.3, 0.4) is 0 Å². The van der Waals surface area contributed by atoms with E-state index in [1.54, 1.807) is 29.2 Å². The van der Waals surface area contributed by atoms with Crippen LogP contribution in [0.4, 0.5) is 5.69 Å². The number of benzene rings is 1. The molecule has 34 heavy (non-hydrogen) atoms.